The molecule has 1 aromatic carbocycles. The van der Waals surface area contributed by atoms with Crippen LogP contribution in [0.15, 0.2) is 27.9 Å². The monoisotopic (exact) mass is 280 g/mol. The molecule has 0 unspecified atom stereocenters. The van der Waals surface area contributed by atoms with Gasteiger partial charge in [0.1, 0.15) is 11.5 Å². The Morgan fingerprint density at radius 3 is 3.00 bits per heavy atom. The van der Waals surface area contributed by atoms with Gasteiger partial charge in [-0.15, -0.1) is 0 Å². The molecule has 0 aliphatic rings. The first-order valence-electron chi connectivity index (χ1n) is 5.43. The van der Waals surface area contributed by atoms with Crippen molar-refractivity contribution in [2.45, 2.75) is 12.1 Å². The summed E-state index contributed by atoms with van der Waals surface area (Å²) in [5, 5.41) is 12.6. The fourth-order valence-electron chi connectivity index (χ4n) is 1.48. The fraction of sp³-hybridized carbons (Fsp3) is 0.250. The van der Waals surface area contributed by atoms with Gasteiger partial charge in [-0.3, -0.25) is 4.79 Å². The van der Waals surface area contributed by atoms with Gasteiger partial charge in [0.05, 0.1) is 12.7 Å². The Balaban J connectivity index is 2.25. The first-order chi connectivity index (χ1) is 9.10. The van der Waals surface area contributed by atoms with Gasteiger partial charge >= 0.3 is 5.97 Å². The predicted molar refractivity (Wildman–Crippen MR) is 69.4 cm³/mol. The van der Waals surface area contributed by atoms with Gasteiger partial charge < -0.3 is 14.4 Å². The third kappa shape index (κ3) is 3.25. The van der Waals surface area contributed by atoms with Crippen LogP contribution in [0.2, 0.25) is 0 Å². The standard InChI is InChI=1S/C12H12N2O4S/c1-7-3-4-8(9(5-7)17-2)11-13-12(18-14-11)19-6-10(15)16/h3-5H,6H2,1-2H3,(H,15,16). The first kappa shape index (κ1) is 13.4. The highest BCUT2D eigenvalue weighted by Crippen LogP contribution is 2.30. The molecule has 7 heteroatoms. The molecule has 1 aromatic heterocycles. The van der Waals surface area contributed by atoms with Crippen LogP contribution in [0, 0.1) is 6.92 Å². The van der Waals surface area contributed by atoms with E-state index in [1.54, 1.807) is 7.11 Å². The van der Waals surface area contributed by atoms with E-state index in [1.165, 1.54) is 0 Å². The summed E-state index contributed by atoms with van der Waals surface area (Å²) in [5.74, 6) is -0.0230. The number of benzene rings is 1. The number of aryl methyl sites for hydroxylation is 1. The number of rotatable bonds is 5. The maximum atomic E-state index is 10.5. The summed E-state index contributed by atoms with van der Waals surface area (Å²) >= 11 is 0.980. The highest BCUT2D eigenvalue weighted by atomic mass is 32.2. The molecule has 0 saturated carbocycles. The van der Waals surface area contributed by atoms with Crippen molar-refractivity contribution >= 4 is 17.7 Å². The normalized spacial score (nSPS) is 10.4. The van der Waals surface area contributed by atoms with Gasteiger partial charge in [-0.05, 0) is 24.6 Å². The van der Waals surface area contributed by atoms with Crippen LogP contribution in [-0.2, 0) is 4.79 Å². The minimum Gasteiger partial charge on any atom is -0.496 e. The Morgan fingerprint density at radius 2 is 2.32 bits per heavy atom. The van der Waals surface area contributed by atoms with Gasteiger partial charge in [-0.1, -0.05) is 23.0 Å². The maximum Gasteiger partial charge on any atom is 0.314 e. The van der Waals surface area contributed by atoms with Crippen LogP contribution < -0.4 is 4.74 Å². The summed E-state index contributed by atoms with van der Waals surface area (Å²) in [6.07, 6.45) is 0. The lowest BCUT2D eigenvalue weighted by Crippen LogP contribution is -1.97. The van der Waals surface area contributed by atoms with Crippen molar-refractivity contribution in [3.63, 3.8) is 0 Å². The lowest BCUT2D eigenvalue weighted by atomic mass is 10.1. The second kappa shape index (κ2) is 5.75. The van der Waals surface area contributed by atoms with Crippen LogP contribution in [0.25, 0.3) is 11.4 Å². The lowest BCUT2D eigenvalue weighted by molar-refractivity contribution is -0.133. The summed E-state index contributed by atoms with van der Waals surface area (Å²) in [6.45, 7) is 1.96. The molecule has 6 nitrogen and oxygen atoms in total. The number of ether oxygens (including phenoxy) is 1. The molecule has 0 fully saturated rings. The van der Waals surface area contributed by atoms with Crippen molar-refractivity contribution in [2.24, 2.45) is 0 Å². The van der Waals surface area contributed by atoms with Crippen LogP contribution in [0.4, 0.5) is 0 Å². The number of hydrogen-bond donors (Lipinski definition) is 1. The van der Waals surface area contributed by atoms with E-state index in [0.717, 1.165) is 17.3 Å². The Bertz CT molecular complexity index is 597. The molecule has 2 aromatic rings. The summed E-state index contributed by atoms with van der Waals surface area (Å²) in [7, 11) is 1.57. The first-order valence-corrected chi connectivity index (χ1v) is 6.42. The smallest absolute Gasteiger partial charge is 0.314 e. The largest absolute Gasteiger partial charge is 0.496 e. The van der Waals surface area contributed by atoms with Gasteiger partial charge in [0.15, 0.2) is 0 Å². The Hall–Kier alpha value is -2.02. The van der Waals surface area contributed by atoms with Gasteiger partial charge in [-0.25, -0.2) is 0 Å². The molecular weight excluding hydrogens is 268 g/mol. The van der Waals surface area contributed by atoms with Crippen molar-refractivity contribution in [3.05, 3.63) is 23.8 Å². The molecular formula is C12H12N2O4S. The third-order valence-corrected chi connectivity index (χ3v) is 3.13. The van der Waals surface area contributed by atoms with Crippen LogP contribution >= 0.6 is 11.8 Å². The van der Waals surface area contributed by atoms with Gasteiger partial charge in [-0.2, -0.15) is 4.98 Å². The highest BCUT2D eigenvalue weighted by Gasteiger charge is 2.14. The Kier molecular flexibility index (Phi) is 4.06. The van der Waals surface area contributed by atoms with Crippen molar-refractivity contribution < 1.29 is 19.2 Å². The summed E-state index contributed by atoms with van der Waals surface area (Å²) in [5.41, 5.74) is 1.77. The van der Waals surface area contributed by atoms with E-state index >= 15 is 0 Å². The number of nitrogens with zero attached hydrogens (tertiary/aromatic N) is 2. The van der Waals surface area contributed by atoms with Crippen molar-refractivity contribution in [2.75, 3.05) is 12.9 Å². The zero-order chi connectivity index (χ0) is 13.8. The van der Waals surface area contributed by atoms with Crippen LogP contribution in [-0.4, -0.2) is 34.1 Å². The number of carboxylic acids is 1. The molecule has 100 valence electrons. The summed E-state index contributed by atoms with van der Waals surface area (Å²) < 4.78 is 10.2. The fourth-order valence-corrected chi connectivity index (χ4v) is 1.97. The Labute approximate surface area is 113 Å². The minimum atomic E-state index is -0.933. The zero-order valence-corrected chi connectivity index (χ0v) is 11.2. The molecule has 0 aliphatic carbocycles. The lowest BCUT2D eigenvalue weighted by Gasteiger charge is -2.05. The second-order valence-corrected chi connectivity index (χ2v) is 4.70. The maximum absolute atomic E-state index is 10.5. The molecule has 1 N–H and O–H groups in total. The van der Waals surface area contributed by atoms with Gasteiger partial charge in [0.25, 0.3) is 5.22 Å². The van der Waals surface area contributed by atoms with Crippen molar-refractivity contribution in [1.82, 2.24) is 10.1 Å². The summed E-state index contributed by atoms with van der Waals surface area (Å²) in [4.78, 5) is 14.6. The number of hydrogen-bond acceptors (Lipinski definition) is 6. The van der Waals surface area contributed by atoms with Gasteiger partial charge in [0.2, 0.25) is 5.82 Å². The quantitative estimate of drug-likeness (QED) is 0.840. The number of aromatic nitrogens is 2. The van der Waals surface area contributed by atoms with E-state index < -0.39 is 5.97 Å². The molecule has 0 spiro atoms. The van der Waals surface area contributed by atoms with E-state index in [4.69, 9.17) is 14.4 Å². The van der Waals surface area contributed by atoms with E-state index in [9.17, 15) is 4.79 Å². The number of carboxylic acid groups (broad SMARTS) is 1. The summed E-state index contributed by atoms with van der Waals surface area (Å²) in [6, 6.07) is 5.62. The molecule has 0 aliphatic heterocycles. The Morgan fingerprint density at radius 1 is 1.53 bits per heavy atom. The van der Waals surface area contributed by atoms with Crippen molar-refractivity contribution in [3.8, 4) is 17.1 Å². The average Bonchev–Trinajstić information content (AvgIpc) is 2.84. The molecule has 0 saturated heterocycles. The predicted octanol–water partition coefficient (Wildman–Crippen LogP) is 2.23. The highest BCUT2D eigenvalue weighted by molar-refractivity contribution is 7.99. The molecule has 2 rings (SSSR count). The molecule has 0 radical (unpaired) electrons. The molecule has 0 atom stereocenters. The van der Waals surface area contributed by atoms with E-state index in [1.807, 2.05) is 25.1 Å². The zero-order valence-electron chi connectivity index (χ0n) is 10.4. The number of thioether (sulfide) groups is 1. The number of carbonyl (C=O) groups is 1. The second-order valence-electron chi connectivity index (χ2n) is 3.77. The van der Waals surface area contributed by atoms with E-state index in [-0.39, 0.29) is 11.0 Å². The van der Waals surface area contributed by atoms with Crippen molar-refractivity contribution in [1.29, 1.82) is 0 Å². The van der Waals surface area contributed by atoms with Crippen LogP contribution in [0.1, 0.15) is 5.56 Å². The number of methoxy groups -OCH3 is 1. The van der Waals surface area contributed by atoms with E-state index in [2.05, 4.69) is 10.1 Å². The average molecular weight is 280 g/mol. The third-order valence-electron chi connectivity index (χ3n) is 2.32. The molecule has 0 bridgehead atoms. The van der Waals surface area contributed by atoms with E-state index in [0.29, 0.717) is 17.1 Å². The minimum absolute atomic E-state index is 0.118. The van der Waals surface area contributed by atoms with Crippen LogP contribution in [0.5, 0.6) is 5.75 Å². The molecule has 1 heterocycles. The topological polar surface area (TPSA) is 85.5 Å². The number of aliphatic carboxylic acids is 1. The molecule has 0 amide bonds. The van der Waals surface area contributed by atoms with Crippen LogP contribution in [0.3, 0.4) is 0 Å². The SMILES string of the molecule is COc1cc(C)ccc1-c1noc(SCC(=O)O)n1. The van der Waals surface area contributed by atoms with Gasteiger partial charge in [0, 0.05) is 0 Å². The molecule has 19 heavy (non-hydrogen) atoms.